The van der Waals surface area contributed by atoms with Crippen LogP contribution in [0.1, 0.15) is 25.2 Å². The van der Waals surface area contributed by atoms with Gasteiger partial charge in [0.1, 0.15) is 11.3 Å². The van der Waals surface area contributed by atoms with Gasteiger partial charge in [-0.25, -0.2) is 4.98 Å². The van der Waals surface area contributed by atoms with Gasteiger partial charge in [0.05, 0.1) is 23.1 Å². The summed E-state index contributed by atoms with van der Waals surface area (Å²) in [5.41, 5.74) is 3.10. The van der Waals surface area contributed by atoms with Crippen LogP contribution in [0.15, 0.2) is 30.5 Å². The van der Waals surface area contributed by atoms with Gasteiger partial charge in [0, 0.05) is 17.2 Å². The predicted octanol–water partition coefficient (Wildman–Crippen LogP) is 4.64. The van der Waals surface area contributed by atoms with Crippen molar-refractivity contribution in [3.8, 4) is 0 Å². The topological polar surface area (TPSA) is 30.7 Å². The molecule has 3 nitrogen and oxygen atoms in total. The molecule has 0 aliphatic carbocycles. The highest BCUT2D eigenvalue weighted by Gasteiger charge is 2.19. The normalized spacial score (nSPS) is 13.1. The highest BCUT2D eigenvalue weighted by atomic mass is 35.5. The molecule has 0 spiro atoms. The fraction of sp³-hybridized carbons (Fsp3) is 0.375. The lowest BCUT2D eigenvalue weighted by atomic mass is 10.1. The number of aromatic nitrogens is 3. The van der Waals surface area contributed by atoms with Crippen LogP contribution in [0, 0.1) is 0 Å². The van der Waals surface area contributed by atoms with Crippen LogP contribution in [0.2, 0.25) is 0 Å². The molecule has 0 saturated carbocycles. The van der Waals surface area contributed by atoms with Crippen LogP contribution >= 0.6 is 23.4 Å². The number of rotatable bonds is 5. The number of imidazole rings is 1. The van der Waals surface area contributed by atoms with Gasteiger partial charge in [-0.3, -0.25) is 4.98 Å². The summed E-state index contributed by atoms with van der Waals surface area (Å²) in [6.07, 6.45) is 5.06. The van der Waals surface area contributed by atoms with Crippen LogP contribution < -0.4 is 0 Å². The lowest BCUT2D eigenvalue weighted by Gasteiger charge is -2.19. The zero-order valence-corrected chi connectivity index (χ0v) is 13.8. The molecule has 1 unspecified atom stereocenters. The fourth-order valence-corrected chi connectivity index (χ4v) is 3.79. The van der Waals surface area contributed by atoms with Crippen LogP contribution in [0.3, 0.4) is 0 Å². The molecule has 3 rings (SSSR count). The summed E-state index contributed by atoms with van der Waals surface area (Å²) in [6, 6.07) is 8.64. The van der Waals surface area contributed by atoms with E-state index in [1.54, 1.807) is 0 Å². The number of hydrogen-bond donors (Lipinski definition) is 0. The molecule has 0 amide bonds. The first kappa shape index (κ1) is 14.7. The van der Waals surface area contributed by atoms with Crippen LogP contribution in [0.5, 0.6) is 0 Å². The van der Waals surface area contributed by atoms with Gasteiger partial charge < -0.3 is 4.57 Å². The van der Waals surface area contributed by atoms with Gasteiger partial charge in [-0.15, -0.1) is 11.6 Å². The molecule has 0 fully saturated rings. The third kappa shape index (κ3) is 2.51. The molecular weight excluding hydrogens is 302 g/mol. The molecule has 1 atom stereocenters. The first-order chi connectivity index (χ1) is 10.3. The molecule has 0 saturated heterocycles. The second kappa shape index (κ2) is 6.24. The smallest absolute Gasteiger partial charge is 0.125 e. The molecule has 0 aliphatic heterocycles. The number of nitrogens with zero attached hydrogens (tertiary/aromatic N) is 3. The van der Waals surface area contributed by atoms with Crippen LogP contribution in [0.4, 0.5) is 0 Å². The maximum atomic E-state index is 6.15. The first-order valence-corrected chi connectivity index (χ1v) is 9.02. The summed E-state index contributed by atoms with van der Waals surface area (Å²) in [5.74, 6) is 2.42. The fourth-order valence-electron chi connectivity index (χ4n) is 2.83. The van der Waals surface area contributed by atoms with Gasteiger partial charge in [0.25, 0.3) is 0 Å². The first-order valence-electron chi connectivity index (χ1n) is 7.09. The number of pyridine rings is 1. The summed E-state index contributed by atoms with van der Waals surface area (Å²) in [6.45, 7) is 2.22. The minimum atomic E-state index is 0.407. The molecule has 3 aromatic rings. The highest BCUT2D eigenvalue weighted by molar-refractivity contribution is 7.98. The molecule has 2 heterocycles. The van der Waals surface area contributed by atoms with Crippen molar-refractivity contribution in [2.45, 2.75) is 25.3 Å². The Labute approximate surface area is 133 Å². The standard InChI is InChI=1S/C16H18ClN3S/c1-3-11(10-21-2)20-15(8-17)19-14-9-18-13-7-5-4-6-12(13)16(14)20/h4-7,9,11H,3,8,10H2,1-2H3. The zero-order valence-electron chi connectivity index (χ0n) is 12.2. The van der Waals surface area contributed by atoms with Crippen LogP contribution in [-0.4, -0.2) is 26.5 Å². The SMILES string of the molecule is CCC(CSC)n1c(CCl)nc2cnc3ccccc3c21. The quantitative estimate of drug-likeness (QED) is 0.642. The minimum Gasteiger partial charge on any atom is -0.322 e. The molecule has 0 aliphatic rings. The van der Waals surface area contributed by atoms with Crippen molar-refractivity contribution < 1.29 is 0 Å². The Balaban J connectivity index is 2.36. The molecule has 0 N–H and O–H groups in total. The Morgan fingerprint density at radius 2 is 2.10 bits per heavy atom. The van der Waals surface area contributed by atoms with Gasteiger partial charge in [-0.05, 0) is 18.7 Å². The van der Waals surface area contributed by atoms with Crippen LogP contribution in [-0.2, 0) is 5.88 Å². The van der Waals surface area contributed by atoms with E-state index in [1.165, 1.54) is 0 Å². The lowest BCUT2D eigenvalue weighted by Crippen LogP contribution is -2.13. The van der Waals surface area contributed by atoms with Crippen molar-refractivity contribution in [1.82, 2.24) is 14.5 Å². The molecule has 1 aromatic carbocycles. The molecular formula is C16H18ClN3S. The summed E-state index contributed by atoms with van der Waals surface area (Å²) < 4.78 is 2.32. The Bertz CT molecular complexity index is 769. The molecule has 0 radical (unpaired) electrons. The van der Waals surface area contributed by atoms with Crippen molar-refractivity contribution in [3.63, 3.8) is 0 Å². The molecule has 2 aromatic heterocycles. The summed E-state index contributed by atoms with van der Waals surface area (Å²) in [4.78, 5) is 9.20. The summed E-state index contributed by atoms with van der Waals surface area (Å²) >= 11 is 8.00. The average Bonchev–Trinajstić information content (AvgIpc) is 2.91. The van der Waals surface area contributed by atoms with E-state index >= 15 is 0 Å². The number of para-hydroxylation sites is 1. The van der Waals surface area contributed by atoms with Crippen molar-refractivity contribution in [3.05, 3.63) is 36.3 Å². The molecule has 0 bridgehead atoms. The molecule has 5 heteroatoms. The van der Waals surface area contributed by atoms with Gasteiger partial charge >= 0.3 is 0 Å². The maximum Gasteiger partial charge on any atom is 0.125 e. The van der Waals surface area contributed by atoms with E-state index in [4.69, 9.17) is 16.6 Å². The van der Waals surface area contributed by atoms with E-state index < -0.39 is 0 Å². The van der Waals surface area contributed by atoms with Crippen molar-refractivity contribution in [1.29, 1.82) is 0 Å². The number of fused-ring (bicyclic) bond motifs is 3. The number of benzene rings is 1. The second-order valence-corrected chi connectivity index (χ2v) is 6.24. The van der Waals surface area contributed by atoms with E-state index in [9.17, 15) is 0 Å². The van der Waals surface area contributed by atoms with Crippen LogP contribution in [0.25, 0.3) is 21.9 Å². The second-order valence-electron chi connectivity index (χ2n) is 5.06. The highest BCUT2D eigenvalue weighted by Crippen LogP contribution is 2.30. The molecule has 21 heavy (non-hydrogen) atoms. The Kier molecular flexibility index (Phi) is 4.36. The minimum absolute atomic E-state index is 0.407. The maximum absolute atomic E-state index is 6.15. The van der Waals surface area contributed by atoms with Crippen molar-refractivity contribution in [2.75, 3.05) is 12.0 Å². The van der Waals surface area contributed by atoms with E-state index in [1.807, 2.05) is 30.1 Å². The number of alkyl halides is 1. The van der Waals surface area contributed by atoms with E-state index in [0.29, 0.717) is 11.9 Å². The summed E-state index contributed by atoms with van der Waals surface area (Å²) in [7, 11) is 0. The van der Waals surface area contributed by atoms with Gasteiger partial charge in [-0.1, -0.05) is 25.1 Å². The van der Waals surface area contributed by atoms with Gasteiger partial charge in [0.15, 0.2) is 0 Å². The average molecular weight is 320 g/mol. The zero-order chi connectivity index (χ0) is 14.8. The predicted molar refractivity (Wildman–Crippen MR) is 92.3 cm³/mol. The van der Waals surface area contributed by atoms with Crippen molar-refractivity contribution in [2.24, 2.45) is 0 Å². The molecule has 110 valence electrons. The van der Waals surface area contributed by atoms with Gasteiger partial charge in [0.2, 0.25) is 0 Å². The number of hydrogen-bond acceptors (Lipinski definition) is 3. The van der Waals surface area contributed by atoms with Crippen molar-refractivity contribution >= 4 is 45.3 Å². The monoisotopic (exact) mass is 319 g/mol. The third-order valence-corrected chi connectivity index (χ3v) is 4.77. The van der Waals surface area contributed by atoms with Gasteiger partial charge in [-0.2, -0.15) is 11.8 Å². The Morgan fingerprint density at radius 1 is 1.29 bits per heavy atom. The lowest BCUT2D eigenvalue weighted by molar-refractivity contribution is 0.539. The van der Waals surface area contributed by atoms with E-state index in [2.05, 4.69) is 34.9 Å². The Hall–Kier alpha value is -1.26. The number of thioether (sulfide) groups is 1. The van der Waals surface area contributed by atoms with E-state index in [-0.39, 0.29) is 0 Å². The number of halogens is 1. The van der Waals surface area contributed by atoms with E-state index in [0.717, 1.165) is 39.9 Å². The largest absolute Gasteiger partial charge is 0.322 e. The third-order valence-electron chi connectivity index (χ3n) is 3.81. The Morgan fingerprint density at radius 3 is 2.81 bits per heavy atom. The summed E-state index contributed by atoms with van der Waals surface area (Å²) in [5, 5.41) is 1.15.